The van der Waals surface area contributed by atoms with Gasteiger partial charge in [-0.15, -0.1) is 0 Å². The van der Waals surface area contributed by atoms with Gasteiger partial charge < -0.3 is 11.5 Å². The average Bonchev–Trinajstić information content (AvgIpc) is 2.34. The zero-order chi connectivity index (χ0) is 12.7. The highest BCUT2D eigenvalue weighted by molar-refractivity contribution is 5.77. The van der Waals surface area contributed by atoms with Crippen molar-refractivity contribution in [1.82, 2.24) is 0 Å². The second kappa shape index (κ2) is 7.49. The Bertz CT molecular complexity index is 261. The maximum atomic E-state index is 5.66. The summed E-state index contributed by atoms with van der Waals surface area (Å²) in [5, 5.41) is 0. The molecule has 3 nitrogen and oxygen atoms in total. The van der Waals surface area contributed by atoms with E-state index in [-0.39, 0.29) is 6.04 Å². The number of aliphatic imine (C=N–C) groups is 1. The third kappa shape index (κ3) is 5.35. The Morgan fingerprint density at radius 3 is 2.53 bits per heavy atom. The molecule has 0 aromatic carbocycles. The van der Waals surface area contributed by atoms with Crippen molar-refractivity contribution in [1.29, 1.82) is 0 Å². The number of amidine groups is 1. The van der Waals surface area contributed by atoms with Crippen molar-refractivity contribution >= 4 is 5.84 Å². The Morgan fingerprint density at radius 1 is 1.35 bits per heavy atom. The van der Waals surface area contributed by atoms with E-state index >= 15 is 0 Å². The fourth-order valence-electron chi connectivity index (χ4n) is 2.61. The quantitative estimate of drug-likeness (QED) is 0.424. The van der Waals surface area contributed by atoms with Gasteiger partial charge in [0, 0.05) is 6.54 Å². The standard InChI is InChI=1S/C14H27N3/c1-11(10-15)14(17-12(2)16)9-8-13-6-4-3-5-7-13/h13-14H,1,3-10,15H2,2H3,(H2,16,17). The first-order valence-electron chi connectivity index (χ1n) is 6.81. The molecule has 1 aliphatic carbocycles. The van der Waals surface area contributed by atoms with Crippen molar-refractivity contribution in [2.24, 2.45) is 22.4 Å². The Balaban J connectivity index is 2.42. The third-order valence-electron chi connectivity index (χ3n) is 3.67. The van der Waals surface area contributed by atoms with Gasteiger partial charge in [0.15, 0.2) is 0 Å². The first kappa shape index (κ1) is 14.2. The van der Waals surface area contributed by atoms with Gasteiger partial charge in [0.05, 0.1) is 11.9 Å². The van der Waals surface area contributed by atoms with Gasteiger partial charge in [-0.1, -0.05) is 38.7 Å². The minimum absolute atomic E-state index is 0.131. The normalized spacial score (nSPS) is 20.2. The van der Waals surface area contributed by atoms with Crippen LogP contribution in [-0.4, -0.2) is 18.4 Å². The van der Waals surface area contributed by atoms with Crippen molar-refractivity contribution in [2.45, 2.75) is 57.9 Å². The van der Waals surface area contributed by atoms with Gasteiger partial charge in [-0.2, -0.15) is 0 Å². The summed E-state index contributed by atoms with van der Waals surface area (Å²) in [6, 6.07) is 0.131. The van der Waals surface area contributed by atoms with Gasteiger partial charge in [0.25, 0.3) is 0 Å². The molecule has 0 radical (unpaired) electrons. The van der Waals surface area contributed by atoms with Crippen LogP contribution in [0.5, 0.6) is 0 Å². The molecule has 0 aromatic rings. The van der Waals surface area contributed by atoms with E-state index in [4.69, 9.17) is 11.5 Å². The van der Waals surface area contributed by atoms with Crippen LogP contribution >= 0.6 is 0 Å². The zero-order valence-corrected chi connectivity index (χ0v) is 11.1. The van der Waals surface area contributed by atoms with Crippen LogP contribution in [0.3, 0.4) is 0 Å². The highest BCUT2D eigenvalue weighted by Gasteiger charge is 2.17. The average molecular weight is 237 g/mol. The molecule has 1 saturated carbocycles. The zero-order valence-electron chi connectivity index (χ0n) is 11.1. The SMILES string of the molecule is C=C(CN)C(CCC1CCCCC1)N=C(C)N. The summed E-state index contributed by atoms with van der Waals surface area (Å²) in [6.07, 6.45) is 9.25. The lowest BCUT2D eigenvalue weighted by Gasteiger charge is -2.23. The van der Waals surface area contributed by atoms with Crippen LogP contribution in [0.25, 0.3) is 0 Å². The minimum atomic E-state index is 0.131. The molecule has 0 aromatic heterocycles. The van der Waals surface area contributed by atoms with Crippen molar-refractivity contribution in [3.63, 3.8) is 0 Å². The predicted octanol–water partition coefficient (Wildman–Crippen LogP) is 2.61. The number of hydrogen-bond donors (Lipinski definition) is 2. The van der Waals surface area contributed by atoms with E-state index in [1.54, 1.807) is 0 Å². The van der Waals surface area contributed by atoms with Crippen LogP contribution in [0.1, 0.15) is 51.9 Å². The fourth-order valence-corrected chi connectivity index (χ4v) is 2.61. The lowest BCUT2D eigenvalue weighted by molar-refractivity contribution is 0.327. The highest BCUT2D eigenvalue weighted by Crippen LogP contribution is 2.28. The Hall–Kier alpha value is -0.830. The van der Waals surface area contributed by atoms with Gasteiger partial charge in [-0.25, -0.2) is 0 Å². The lowest BCUT2D eigenvalue weighted by Crippen LogP contribution is -2.21. The van der Waals surface area contributed by atoms with Crippen LogP contribution in [0.4, 0.5) is 0 Å². The summed E-state index contributed by atoms with van der Waals surface area (Å²) in [6.45, 7) is 6.34. The molecule has 0 aliphatic heterocycles. The van der Waals surface area contributed by atoms with Gasteiger partial charge in [-0.3, -0.25) is 4.99 Å². The van der Waals surface area contributed by atoms with Crippen molar-refractivity contribution in [3.8, 4) is 0 Å². The smallest absolute Gasteiger partial charge is 0.0913 e. The van der Waals surface area contributed by atoms with Crippen LogP contribution in [-0.2, 0) is 0 Å². The number of hydrogen-bond acceptors (Lipinski definition) is 2. The number of rotatable bonds is 6. The van der Waals surface area contributed by atoms with Gasteiger partial charge >= 0.3 is 0 Å². The molecule has 0 saturated heterocycles. The molecule has 1 fully saturated rings. The molecule has 0 heterocycles. The molecule has 1 rings (SSSR count). The van der Waals surface area contributed by atoms with Crippen LogP contribution in [0, 0.1) is 5.92 Å². The van der Waals surface area contributed by atoms with E-state index in [0.29, 0.717) is 12.4 Å². The summed E-state index contributed by atoms with van der Waals surface area (Å²) < 4.78 is 0. The van der Waals surface area contributed by atoms with Crippen molar-refractivity contribution in [3.05, 3.63) is 12.2 Å². The minimum Gasteiger partial charge on any atom is -0.388 e. The summed E-state index contributed by atoms with van der Waals surface area (Å²) in [5.74, 6) is 1.51. The molecule has 1 aliphatic rings. The molecule has 98 valence electrons. The summed E-state index contributed by atoms with van der Waals surface area (Å²) in [7, 11) is 0. The van der Waals surface area contributed by atoms with E-state index < -0.39 is 0 Å². The van der Waals surface area contributed by atoms with Crippen LogP contribution < -0.4 is 11.5 Å². The van der Waals surface area contributed by atoms with Crippen LogP contribution in [0.15, 0.2) is 17.1 Å². The topological polar surface area (TPSA) is 64.4 Å². The molecule has 3 heteroatoms. The molecule has 17 heavy (non-hydrogen) atoms. The Kier molecular flexibility index (Phi) is 6.27. The van der Waals surface area contributed by atoms with Gasteiger partial charge in [0.2, 0.25) is 0 Å². The summed E-state index contributed by atoms with van der Waals surface area (Å²) in [5.41, 5.74) is 12.3. The molecular formula is C14H27N3. The van der Waals surface area contributed by atoms with E-state index in [1.165, 1.54) is 38.5 Å². The number of nitrogens with zero attached hydrogens (tertiary/aromatic N) is 1. The monoisotopic (exact) mass is 237 g/mol. The van der Waals surface area contributed by atoms with Crippen LogP contribution in [0.2, 0.25) is 0 Å². The lowest BCUT2D eigenvalue weighted by atomic mass is 9.84. The molecular weight excluding hydrogens is 210 g/mol. The first-order valence-corrected chi connectivity index (χ1v) is 6.81. The van der Waals surface area contributed by atoms with Gasteiger partial charge in [-0.05, 0) is 31.3 Å². The second-order valence-corrected chi connectivity index (χ2v) is 5.23. The summed E-state index contributed by atoms with van der Waals surface area (Å²) in [4.78, 5) is 4.45. The van der Waals surface area contributed by atoms with Gasteiger partial charge in [0.1, 0.15) is 0 Å². The number of nitrogens with two attached hydrogens (primary N) is 2. The molecule has 1 unspecified atom stereocenters. The van der Waals surface area contributed by atoms with E-state index in [0.717, 1.165) is 17.9 Å². The van der Waals surface area contributed by atoms with E-state index in [9.17, 15) is 0 Å². The molecule has 0 spiro atoms. The largest absolute Gasteiger partial charge is 0.388 e. The highest BCUT2D eigenvalue weighted by atomic mass is 14.9. The Labute approximate surface area is 105 Å². The van der Waals surface area contributed by atoms with Crippen molar-refractivity contribution in [2.75, 3.05) is 6.54 Å². The molecule has 4 N–H and O–H groups in total. The van der Waals surface area contributed by atoms with Crippen molar-refractivity contribution < 1.29 is 0 Å². The predicted molar refractivity (Wildman–Crippen MR) is 75.1 cm³/mol. The van der Waals surface area contributed by atoms with E-state index in [2.05, 4.69) is 11.6 Å². The molecule has 0 bridgehead atoms. The Morgan fingerprint density at radius 2 is 2.00 bits per heavy atom. The first-order chi connectivity index (χ1) is 8.13. The van der Waals surface area contributed by atoms with E-state index in [1.807, 2.05) is 6.92 Å². The molecule has 1 atom stereocenters. The third-order valence-corrected chi connectivity index (χ3v) is 3.67. The maximum absolute atomic E-state index is 5.66. The maximum Gasteiger partial charge on any atom is 0.0913 e. The second-order valence-electron chi connectivity index (χ2n) is 5.23. The fraction of sp³-hybridized carbons (Fsp3) is 0.786. The molecule has 0 amide bonds. The summed E-state index contributed by atoms with van der Waals surface area (Å²) >= 11 is 0.